The Bertz CT molecular complexity index is 1580. The van der Waals surface area contributed by atoms with Crippen LogP contribution in [-0.2, 0) is 10.8 Å². The Kier molecular flexibility index (Phi) is 4.88. The molecule has 1 aliphatic heterocycles. The van der Waals surface area contributed by atoms with Crippen molar-refractivity contribution in [1.82, 2.24) is 0 Å². The van der Waals surface area contributed by atoms with E-state index in [4.69, 9.17) is 4.99 Å². The molecular weight excluding hydrogens is 444 g/mol. The van der Waals surface area contributed by atoms with Crippen molar-refractivity contribution >= 4 is 39.5 Å². The van der Waals surface area contributed by atoms with Crippen LogP contribution in [0.1, 0.15) is 73.1 Å². The molecule has 4 nitrogen and oxygen atoms in total. The molecular formula is C32H30N2O2. The van der Waals surface area contributed by atoms with Gasteiger partial charge in [-0.2, -0.15) is 0 Å². The Morgan fingerprint density at radius 3 is 2.19 bits per heavy atom. The monoisotopic (exact) mass is 474 g/mol. The third-order valence-corrected chi connectivity index (χ3v) is 8.04. The van der Waals surface area contributed by atoms with Crippen molar-refractivity contribution in [3.05, 3.63) is 101 Å². The Morgan fingerprint density at radius 2 is 1.50 bits per heavy atom. The van der Waals surface area contributed by atoms with Crippen LogP contribution in [0, 0.1) is 0 Å². The van der Waals surface area contributed by atoms with Gasteiger partial charge in [-0.1, -0.05) is 70.2 Å². The number of carboxylic acid groups (broad SMARTS) is 1. The molecule has 4 aromatic carbocycles. The van der Waals surface area contributed by atoms with Gasteiger partial charge in [0, 0.05) is 16.8 Å². The lowest BCUT2D eigenvalue weighted by Gasteiger charge is -2.42. The molecule has 6 rings (SSSR count). The van der Waals surface area contributed by atoms with Crippen molar-refractivity contribution in [2.45, 2.75) is 51.4 Å². The van der Waals surface area contributed by atoms with E-state index < -0.39 is 5.97 Å². The molecule has 0 atom stereocenters. The predicted octanol–water partition coefficient (Wildman–Crippen LogP) is 8.11. The van der Waals surface area contributed by atoms with Gasteiger partial charge < -0.3 is 10.4 Å². The summed E-state index contributed by atoms with van der Waals surface area (Å²) in [4.78, 5) is 16.8. The second-order valence-corrected chi connectivity index (χ2v) is 11.4. The fraction of sp³-hybridized carbons (Fsp3) is 0.250. The number of nitrogens with one attached hydrogen (secondary N) is 1. The summed E-state index contributed by atoms with van der Waals surface area (Å²) < 4.78 is 0. The van der Waals surface area contributed by atoms with Crippen molar-refractivity contribution in [3.8, 4) is 0 Å². The number of hydrogen-bond donors (Lipinski definition) is 2. The Hall–Kier alpha value is -3.92. The van der Waals surface area contributed by atoms with Crippen LogP contribution < -0.4 is 5.32 Å². The molecule has 0 bridgehead atoms. The molecule has 180 valence electrons. The minimum absolute atomic E-state index is 0.0740. The molecule has 0 radical (unpaired) electrons. The lowest BCUT2D eigenvalue weighted by atomic mass is 9.63. The first-order chi connectivity index (χ1) is 17.1. The zero-order valence-corrected chi connectivity index (χ0v) is 21.1. The van der Waals surface area contributed by atoms with Gasteiger partial charge in [-0.25, -0.2) is 9.79 Å². The number of hydrogen-bond acceptors (Lipinski definition) is 3. The summed E-state index contributed by atoms with van der Waals surface area (Å²) >= 11 is 0. The summed E-state index contributed by atoms with van der Waals surface area (Å²) in [6.07, 6.45) is 2.29. The zero-order valence-electron chi connectivity index (χ0n) is 21.1. The van der Waals surface area contributed by atoms with E-state index >= 15 is 0 Å². The van der Waals surface area contributed by atoms with Crippen LogP contribution in [-0.4, -0.2) is 16.8 Å². The van der Waals surface area contributed by atoms with Crippen molar-refractivity contribution in [2.75, 3.05) is 5.32 Å². The fourth-order valence-electron chi connectivity index (χ4n) is 5.73. The highest BCUT2D eigenvalue weighted by Gasteiger charge is 2.38. The molecule has 2 aliphatic rings. The van der Waals surface area contributed by atoms with E-state index in [2.05, 4.69) is 75.5 Å². The molecule has 0 amide bonds. The fourth-order valence-corrected chi connectivity index (χ4v) is 5.73. The zero-order chi connectivity index (χ0) is 25.2. The van der Waals surface area contributed by atoms with Crippen LogP contribution in [0.4, 0.5) is 17.1 Å². The van der Waals surface area contributed by atoms with Crippen LogP contribution in [0.15, 0.2) is 77.8 Å². The number of aliphatic imine (C=N–C) groups is 1. The smallest absolute Gasteiger partial charge is 0.335 e. The van der Waals surface area contributed by atoms with Crippen LogP contribution in [0.2, 0.25) is 0 Å². The molecule has 0 aromatic heterocycles. The lowest BCUT2D eigenvalue weighted by Crippen LogP contribution is -2.33. The van der Waals surface area contributed by atoms with Crippen LogP contribution in [0.5, 0.6) is 0 Å². The standard InChI is InChI=1S/C32H30N2O2/c1-31(2)15-16-32(3,4)24-18-27-26(17-23(24)31)33-25-14-13-19-7-5-6-8-22(19)28(25)29(34-27)20-9-11-21(12-10-20)30(35)36/h5-14,17-18,33H,15-16H2,1-4H3,(H,35,36). The second kappa shape index (κ2) is 7.79. The highest BCUT2D eigenvalue weighted by molar-refractivity contribution is 6.24. The van der Waals surface area contributed by atoms with Crippen molar-refractivity contribution in [2.24, 2.45) is 4.99 Å². The van der Waals surface area contributed by atoms with Gasteiger partial charge in [-0.05, 0) is 75.9 Å². The van der Waals surface area contributed by atoms with Gasteiger partial charge in [0.1, 0.15) is 0 Å². The van der Waals surface area contributed by atoms with Gasteiger partial charge >= 0.3 is 5.97 Å². The lowest BCUT2D eigenvalue weighted by molar-refractivity contribution is 0.0697. The summed E-state index contributed by atoms with van der Waals surface area (Å²) in [6, 6.07) is 24.2. The molecule has 0 fully saturated rings. The number of aromatic carboxylic acids is 1. The first kappa shape index (κ1) is 22.5. The van der Waals surface area contributed by atoms with E-state index in [1.54, 1.807) is 12.1 Å². The van der Waals surface area contributed by atoms with Gasteiger partial charge in [-0.15, -0.1) is 0 Å². The SMILES string of the molecule is CC1(C)CCC(C)(C)c2cc3c(cc21)N=C(c1ccc(C(=O)O)cc1)c1c(ccc2ccccc12)N3. The molecule has 0 saturated heterocycles. The van der Waals surface area contributed by atoms with E-state index in [0.29, 0.717) is 0 Å². The van der Waals surface area contributed by atoms with Gasteiger partial charge in [0.15, 0.2) is 0 Å². The molecule has 0 spiro atoms. The van der Waals surface area contributed by atoms with E-state index in [1.165, 1.54) is 11.1 Å². The molecule has 2 N–H and O–H groups in total. The molecule has 36 heavy (non-hydrogen) atoms. The number of carbonyl (C=O) groups is 1. The molecule has 0 saturated carbocycles. The van der Waals surface area contributed by atoms with E-state index in [-0.39, 0.29) is 16.4 Å². The van der Waals surface area contributed by atoms with E-state index in [1.807, 2.05) is 18.2 Å². The highest BCUT2D eigenvalue weighted by atomic mass is 16.4. The minimum Gasteiger partial charge on any atom is -0.478 e. The van der Waals surface area contributed by atoms with Crippen molar-refractivity contribution in [3.63, 3.8) is 0 Å². The number of carboxylic acids is 1. The summed E-state index contributed by atoms with van der Waals surface area (Å²) in [7, 11) is 0. The second-order valence-electron chi connectivity index (χ2n) is 11.4. The van der Waals surface area contributed by atoms with Gasteiger partial charge in [0.05, 0.1) is 22.6 Å². The third-order valence-electron chi connectivity index (χ3n) is 8.04. The summed E-state index contributed by atoms with van der Waals surface area (Å²) in [6.45, 7) is 9.33. The molecule has 0 unspecified atom stereocenters. The Labute approximate surface area is 211 Å². The maximum absolute atomic E-state index is 11.5. The predicted molar refractivity (Wildman–Crippen MR) is 148 cm³/mol. The average Bonchev–Trinajstić information content (AvgIpc) is 3.03. The number of benzene rings is 4. The normalized spacial score (nSPS) is 17.2. The molecule has 1 aliphatic carbocycles. The quantitative estimate of drug-likeness (QED) is 0.272. The first-order valence-corrected chi connectivity index (χ1v) is 12.5. The van der Waals surface area contributed by atoms with E-state index in [0.717, 1.165) is 57.5 Å². The number of nitrogens with zero attached hydrogens (tertiary/aromatic N) is 1. The number of anilines is 2. The first-order valence-electron chi connectivity index (χ1n) is 12.5. The van der Waals surface area contributed by atoms with Crippen LogP contribution in [0.25, 0.3) is 10.8 Å². The largest absolute Gasteiger partial charge is 0.478 e. The van der Waals surface area contributed by atoms with Crippen LogP contribution in [0.3, 0.4) is 0 Å². The van der Waals surface area contributed by atoms with Crippen molar-refractivity contribution < 1.29 is 9.90 Å². The van der Waals surface area contributed by atoms with Crippen LogP contribution >= 0.6 is 0 Å². The summed E-state index contributed by atoms with van der Waals surface area (Å²) in [5, 5.41) is 15.4. The third kappa shape index (κ3) is 3.51. The molecule has 1 heterocycles. The number of fused-ring (bicyclic) bond motifs is 5. The maximum atomic E-state index is 11.5. The molecule has 4 heteroatoms. The van der Waals surface area contributed by atoms with Gasteiger partial charge in [0.25, 0.3) is 0 Å². The Morgan fingerprint density at radius 1 is 0.833 bits per heavy atom. The minimum atomic E-state index is -0.932. The topological polar surface area (TPSA) is 61.7 Å². The Balaban J connectivity index is 1.65. The number of rotatable bonds is 2. The summed E-state index contributed by atoms with van der Waals surface area (Å²) in [5.41, 5.74) is 8.88. The maximum Gasteiger partial charge on any atom is 0.335 e. The highest BCUT2D eigenvalue weighted by Crippen LogP contribution is 2.50. The van der Waals surface area contributed by atoms with Gasteiger partial charge in [-0.3, -0.25) is 0 Å². The van der Waals surface area contributed by atoms with Gasteiger partial charge in [0.2, 0.25) is 0 Å². The van der Waals surface area contributed by atoms with E-state index in [9.17, 15) is 9.90 Å². The molecule has 4 aromatic rings. The average molecular weight is 475 g/mol. The van der Waals surface area contributed by atoms with Crippen molar-refractivity contribution in [1.29, 1.82) is 0 Å². The summed E-state index contributed by atoms with van der Waals surface area (Å²) in [5.74, 6) is -0.932.